The van der Waals surface area contributed by atoms with Crippen LogP contribution in [-0.2, 0) is 12.7 Å². The Morgan fingerprint density at radius 3 is 2.31 bits per heavy atom. The topological polar surface area (TPSA) is 57.7 Å². The normalized spacial score (nSPS) is 17.3. The molecule has 0 aliphatic carbocycles. The van der Waals surface area contributed by atoms with Gasteiger partial charge in [-0.15, -0.1) is 0 Å². The Hall–Kier alpha value is -3.87. The summed E-state index contributed by atoms with van der Waals surface area (Å²) in [5.41, 5.74) is -0.731. The number of piperidine rings is 2. The minimum absolute atomic E-state index is 0.0638. The van der Waals surface area contributed by atoms with Gasteiger partial charge in [0.2, 0.25) is 0 Å². The van der Waals surface area contributed by atoms with Crippen LogP contribution in [0.5, 0.6) is 5.75 Å². The van der Waals surface area contributed by atoms with Gasteiger partial charge < -0.3 is 15.0 Å². The second kappa shape index (κ2) is 16.0. The SMILES string of the molecule is CCCOc1cc2nc(-c3cccc(C(F)(F)F)c3)c(CN3CCC(N4CCCCC4)CC3)c(C(=O)N[C@H](c3ccccc3)C(F)(F)F)c2cc1Cl. The summed E-state index contributed by atoms with van der Waals surface area (Å²) in [6.07, 6.45) is -3.69. The zero-order valence-electron chi connectivity index (χ0n) is 28.8. The second-order valence-electron chi connectivity index (χ2n) is 13.5. The highest BCUT2D eigenvalue weighted by atomic mass is 35.5. The molecule has 2 saturated heterocycles. The molecule has 52 heavy (non-hydrogen) atoms. The number of halogens is 7. The number of ether oxygens (including phenoxy) is 1. The summed E-state index contributed by atoms with van der Waals surface area (Å²) >= 11 is 6.65. The molecule has 6 rings (SSSR count). The van der Waals surface area contributed by atoms with Gasteiger partial charge in [-0.25, -0.2) is 4.98 Å². The van der Waals surface area contributed by atoms with Crippen LogP contribution in [0.2, 0.25) is 5.02 Å². The quantitative estimate of drug-likeness (QED) is 0.164. The first kappa shape index (κ1) is 37.9. The zero-order chi connectivity index (χ0) is 37.0. The molecule has 2 fully saturated rings. The molecule has 3 aromatic carbocycles. The molecule has 0 bridgehead atoms. The number of pyridine rings is 1. The molecule has 13 heteroatoms. The summed E-state index contributed by atoms with van der Waals surface area (Å²) < 4.78 is 91.7. The largest absolute Gasteiger partial charge is 0.492 e. The van der Waals surface area contributed by atoms with Crippen LogP contribution in [0.3, 0.4) is 0 Å². The maximum atomic E-state index is 14.6. The maximum Gasteiger partial charge on any atom is 0.416 e. The molecule has 1 N–H and O–H groups in total. The number of benzene rings is 3. The number of alkyl halides is 6. The van der Waals surface area contributed by atoms with Gasteiger partial charge in [-0.05, 0) is 82.0 Å². The summed E-state index contributed by atoms with van der Waals surface area (Å²) in [4.78, 5) is 23.9. The predicted molar refractivity (Wildman–Crippen MR) is 189 cm³/mol. The van der Waals surface area contributed by atoms with Gasteiger partial charge in [0, 0.05) is 35.2 Å². The highest BCUT2D eigenvalue weighted by molar-refractivity contribution is 6.33. The fourth-order valence-corrected chi connectivity index (χ4v) is 7.49. The Balaban J connectivity index is 1.51. The Kier molecular flexibility index (Phi) is 11.7. The molecule has 0 radical (unpaired) electrons. The molecule has 1 atom stereocenters. The van der Waals surface area contributed by atoms with E-state index in [1.165, 1.54) is 55.0 Å². The molecular formula is C39H41ClF6N4O2. The van der Waals surface area contributed by atoms with Crippen LogP contribution >= 0.6 is 11.6 Å². The monoisotopic (exact) mass is 746 g/mol. The molecule has 278 valence electrons. The van der Waals surface area contributed by atoms with Crippen LogP contribution in [0.25, 0.3) is 22.2 Å². The van der Waals surface area contributed by atoms with E-state index in [0.717, 1.165) is 50.9 Å². The van der Waals surface area contributed by atoms with Crippen molar-refractivity contribution in [2.45, 2.75) is 76.4 Å². The first-order chi connectivity index (χ1) is 24.8. The third-order valence-corrected chi connectivity index (χ3v) is 10.2. The molecule has 6 nitrogen and oxygen atoms in total. The standard InChI is InChI=1S/C39H41ClF6N4O2/c1-2-20-52-33-23-32-29(22-31(33)40)34(37(51)48-36(39(44,45)46)25-10-5-3-6-11-25)30(35(47-32)26-12-9-13-27(21-26)38(41,42)43)24-49-18-14-28(15-19-49)50-16-7-4-8-17-50/h3,5-6,9-13,21-23,28,36H,2,4,7-8,14-20,24H2,1H3,(H,48,51)/t36-/m1/s1. The van der Waals surface area contributed by atoms with Gasteiger partial charge in [-0.1, -0.05) is 67.4 Å². The number of carbonyl (C=O) groups is 1. The van der Waals surface area contributed by atoms with E-state index < -0.39 is 29.9 Å². The van der Waals surface area contributed by atoms with Crippen LogP contribution in [0.15, 0.2) is 66.7 Å². The van der Waals surface area contributed by atoms with E-state index in [1.807, 2.05) is 6.92 Å². The molecule has 3 heterocycles. The van der Waals surface area contributed by atoms with E-state index in [2.05, 4.69) is 15.1 Å². The van der Waals surface area contributed by atoms with Gasteiger partial charge >= 0.3 is 12.4 Å². The average molecular weight is 747 g/mol. The lowest BCUT2D eigenvalue weighted by Crippen LogP contribution is -2.46. The number of likely N-dealkylation sites (tertiary alicyclic amines) is 2. The Morgan fingerprint density at radius 1 is 0.942 bits per heavy atom. The van der Waals surface area contributed by atoms with E-state index in [-0.39, 0.29) is 56.2 Å². The highest BCUT2D eigenvalue weighted by Gasteiger charge is 2.43. The summed E-state index contributed by atoms with van der Waals surface area (Å²) in [7, 11) is 0. The average Bonchev–Trinajstić information content (AvgIpc) is 3.13. The molecule has 1 amide bonds. The molecule has 0 saturated carbocycles. The number of hydrogen-bond acceptors (Lipinski definition) is 5. The Morgan fingerprint density at radius 2 is 1.65 bits per heavy atom. The van der Waals surface area contributed by atoms with Crippen molar-refractivity contribution in [2.24, 2.45) is 0 Å². The smallest absolute Gasteiger partial charge is 0.416 e. The number of hydrogen-bond donors (Lipinski definition) is 1. The molecule has 1 aromatic heterocycles. The predicted octanol–water partition coefficient (Wildman–Crippen LogP) is 9.85. The third kappa shape index (κ3) is 8.66. The van der Waals surface area contributed by atoms with Crippen molar-refractivity contribution in [3.05, 3.63) is 94.0 Å². The lowest BCUT2D eigenvalue weighted by atomic mass is 9.93. The maximum absolute atomic E-state index is 14.6. The number of aromatic nitrogens is 1. The lowest BCUT2D eigenvalue weighted by molar-refractivity contribution is -0.155. The van der Waals surface area contributed by atoms with Gasteiger partial charge in [-0.3, -0.25) is 9.69 Å². The molecule has 2 aliphatic heterocycles. The summed E-state index contributed by atoms with van der Waals surface area (Å²) in [5.74, 6) is -0.821. The molecule has 0 spiro atoms. The first-order valence-electron chi connectivity index (χ1n) is 17.7. The van der Waals surface area contributed by atoms with Gasteiger partial charge in [0.1, 0.15) is 5.75 Å². The Bertz CT molecular complexity index is 1860. The number of nitrogens with one attached hydrogen (secondary N) is 1. The van der Waals surface area contributed by atoms with Gasteiger partial charge in [0.05, 0.1) is 34.0 Å². The zero-order valence-corrected chi connectivity index (χ0v) is 29.6. The van der Waals surface area contributed by atoms with Crippen LogP contribution in [0.1, 0.15) is 78.5 Å². The van der Waals surface area contributed by atoms with E-state index >= 15 is 0 Å². The molecule has 2 aliphatic rings. The van der Waals surface area contributed by atoms with Crippen molar-refractivity contribution >= 4 is 28.4 Å². The second-order valence-corrected chi connectivity index (χ2v) is 13.9. The van der Waals surface area contributed by atoms with Crippen molar-refractivity contribution in [1.29, 1.82) is 0 Å². The fourth-order valence-electron chi connectivity index (χ4n) is 7.27. The van der Waals surface area contributed by atoms with Crippen LogP contribution < -0.4 is 10.1 Å². The van der Waals surface area contributed by atoms with E-state index in [4.69, 9.17) is 21.3 Å². The number of fused-ring (bicyclic) bond motifs is 1. The molecular weight excluding hydrogens is 706 g/mol. The lowest BCUT2D eigenvalue weighted by Gasteiger charge is -2.40. The molecule has 0 unspecified atom stereocenters. The Labute approximate surface area is 304 Å². The van der Waals surface area contributed by atoms with E-state index in [0.29, 0.717) is 32.2 Å². The molecule has 4 aromatic rings. The van der Waals surface area contributed by atoms with Crippen molar-refractivity contribution in [3.63, 3.8) is 0 Å². The summed E-state index contributed by atoms with van der Waals surface area (Å²) in [5, 5.41) is 2.50. The van der Waals surface area contributed by atoms with Gasteiger partial charge in [0.25, 0.3) is 5.91 Å². The van der Waals surface area contributed by atoms with Gasteiger partial charge in [-0.2, -0.15) is 26.3 Å². The minimum atomic E-state index is -4.86. The minimum Gasteiger partial charge on any atom is -0.492 e. The first-order valence-corrected chi connectivity index (χ1v) is 18.1. The summed E-state index contributed by atoms with van der Waals surface area (Å²) in [6.45, 7) is 5.59. The number of nitrogens with zero attached hydrogens (tertiary/aromatic N) is 3. The van der Waals surface area contributed by atoms with Gasteiger partial charge in [0.15, 0.2) is 6.04 Å². The van der Waals surface area contributed by atoms with Crippen molar-refractivity contribution in [2.75, 3.05) is 32.8 Å². The van der Waals surface area contributed by atoms with Crippen molar-refractivity contribution in [1.82, 2.24) is 20.1 Å². The van der Waals surface area contributed by atoms with E-state index in [9.17, 15) is 31.1 Å². The van der Waals surface area contributed by atoms with Crippen LogP contribution in [-0.4, -0.2) is 65.7 Å². The third-order valence-electron chi connectivity index (χ3n) is 9.87. The number of carbonyl (C=O) groups excluding carboxylic acids is 1. The number of rotatable bonds is 10. The van der Waals surface area contributed by atoms with Crippen molar-refractivity contribution < 1.29 is 35.9 Å². The highest BCUT2D eigenvalue weighted by Crippen LogP contribution is 2.40. The van der Waals surface area contributed by atoms with E-state index in [1.54, 1.807) is 6.07 Å². The number of amides is 1. The van der Waals surface area contributed by atoms with Crippen molar-refractivity contribution in [3.8, 4) is 17.0 Å². The summed E-state index contributed by atoms with van der Waals surface area (Å²) in [6, 6.07) is 12.6. The fraction of sp³-hybridized carbons (Fsp3) is 0.436. The van der Waals surface area contributed by atoms with Crippen LogP contribution in [0.4, 0.5) is 26.3 Å². The van der Waals surface area contributed by atoms with Crippen LogP contribution in [0, 0.1) is 0 Å².